The summed E-state index contributed by atoms with van der Waals surface area (Å²) in [6.07, 6.45) is 1.88. The molecule has 2 rings (SSSR count). The van der Waals surface area contributed by atoms with E-state index in [1.165, 1.54) is 11.5 Å². The van der Waals surface area contributed by atoms with Crippen LogP contribution in [0.3, 0.4) is 0 Å². The standard InChI is InChI=1S/C9H16N4S/c1-2-8-11-9(13-12-8)5-7-6-14-4-3-10-7/h7,10H,2-6H2,1H3,(H,11,12,13). The van der Waals surface area contributed by atoms with Crippen molar-refractivity contribution in [3.8, 4) is 0 Å². The summed E-state index contributed by atoms with van der Waals surface area (Å²) in [7, 11) is 0. The smallest absolute Gasteiger partial charge is 0.150 e. The molecular weight excluding hydrogens is 196 g/mol. The van der Waals surface area contributed by atoms with Gasteiger partial charge in [0.2, 0.25) is 0 Å². The molecule has 1 saturated heterocycles. The van der Waals surface area contributed by atoms with Crippen LogP contribution in [0.2, 0.25) is 0 Å². The van der Waals surface area contributed by atoms with Gasteiger partial charge in [0.05, 0.1) is 0 Å². The molecule has 5 heteroatoms. The molecular formula is C9H16N4S. The van der Waals surface area contributed by atoms with E-state index >= 15 is 0 Å². The Morgan fingerprint density at radius 3 is 3.14 bits per heavy atom. The predicted molar refractivity (Wildman–Crippen MR) is 58.6 cm³/mol. The first-order chi connectivity index (χ1) is 6.88. The quantitative estimate of drug-likeness (QED) is 0.771. The van der Waals surface area contributed by atoms with Crippen molar-refractivity contribution < 1.29 is 0 Å². The van der Waals surface area contributed by atoms with E-state index in [-0.39, 0.29) is 0 Å². The van der Waals surface area contributed by atoms with Crippen LogP contribution in [-0.4, -0.2) is 39.3 Å². The summed E-state index contributed by atoms with van der Waals surface area (Å²) in [6, 6.07) is 0.561. The number of aromatic nitrogens is 3. The molecule has 0 spiro atoms. The van der Waals surface area contributed by atoms with E-state index in [9.17, 15) is 0 Å². The molecule has 1 aliphatic heterocycles. The monoisotopic (exact) mass is 212 g/mol. The predicted octanol–water partition coefficient (Wildman–Crippen LogP) is 0.615. The minimum absolute atomic E-state index is 0.561. The zero-order chi connectivity index (χ0) is 9.80. The number of rotatable bonds is 3. The number of nitrogens with zero attached hydrogens (tertiary/aromatic N) is 2. The van der Waals surface area contributed by atoms with Gasteiger partial charge in [-0.15, -0.1) is 0 Å². The summed E-state index contributed by atoms with van der Waals surface area (Å²) >= 11 is 2.01. The minimum atomic E-state index is 0.561. The largest absolute Gasteiger partial charge is 0.312 e. The third-order valence-electron chi connectivity index (χ3n) is 2.33. The van der Waals surface area contributed by atoms with E-state index in [1.54, 1.807) is 0 Å². The molecule has 0 amide bonds. The second-order valence-corrected chi connectivity index (χ2v) is 4.63. The van der Waals surface area contributed by atoms with Crippen LogP contribution in [0, 0.1) is 0 Å². The summed E-state index contributed by atoms with van der Waals surface area (Å²) in [5, 5.41) is 10.6. The molecule has 1 fully saturated rings. The molecule has 2 heterocycles. The Hall–Kier alpha value is -0.550. The summed E-state index contributed by atoms with van der Waals surface area (Å²) in [6.45, 7) is 3.19. The first-order valence-electron chi connectivity index (χ1n) is 5.09. The lowest BCUT2D eigenvalue weighted by atomic mass is 10.2. The van der Waals surface area contributed by atoms with Crippen molar-refractivity contribution in [2.75, 3.05) is 18.1 Å². The molecule has 1 aliphatic rings. The first-order valence-corrected chi connectivity index (χ1v) is 6.25. The Morgan fingerprint density at radius 1 is 1.57 bits per heavy atom. The van der Waals surface area contributed by atoms with Crippen LogP contribution >= 0.6 is 11.8 Å². The Labute approximate surface area is 88.3 Å². The lowest BCUT2D eigenvalue weighted by Gasteiger charge is -2.21. The molecule has 4 nitrogen and oxygen atoms in total. The molecule has 2 N–H and O–H groups in total. The maximum Gasteiger partial charge on any atom is 0.150 e. The summed E-state index contributed by atoms with van der Waals surface area (Å²) in [4.78, 5) is 4.41. The first kappa shape index (κ1) is 9.98. The van der Waals surface area contributed by atoms with E-state index in [4.69, 9.17) is 0 Å². The second-order valence-electron chi connectivity index (χ2n) is 3.48. The van der Waals surface area contributed by atoms with Crippen LogP contribution in [0.1, 0.15) is 18.6 Å². The van der Waals surface area contributed by atoms with Gasteiger partial charge in [0.15, 0.2) is 0 Å². The van der Waals surface area contributed by atoms with Gasteiger partial charge in [0.25, 0.3) is 0 Å². The molecule has 0 saturated carbocycles. The third kappa shape index (κ3) is 2.48. The molecule has 1 atom stereocenters. The Balaban J connectivity index is 1.89. The molecule has 0 aliphatic carbocycles. The molecule has 0 radical (unpaired) electrons. The van der Waals surface area contributed by atoms with Crippen molar-refractivity contribution in [3.63, 3.8) is 0 Å². The molecule has 78 valence electrons. The number of aromatic amines is 1. The number of hydrogen-bond acceptors (Lipinski definition) is 4. The van der Waals surface area contributed by atoms with Gasteiger partial charge < -0.3 is 5.32 Å². The van der Waals surface area contributed by atoms with Gasteiger partial charge in [-0.05, 0) is 0 Å². The van der Waals surface area contributed by atoms with Crippen LogP contribution in [0.15, 0.2) is 0 Å². The molecule has 14 heavy (non-hydrogen) atoms. The number of thioether (sulfide) groups is 1. The Kier molecular flexibility index (Phi) is 3.42. The van der Waals surface area contributed by atoms with E-state index < -0.39 is 0 Å². The van der Waals surface area contributed by atoms with Crippen molar-refractivity contribution in [2.45, 2.75) is 25.8 Å². The fourth-order valence-corrected chi connectivity index (χ4v) is 2.52. The Morgan fingerprint density at radius 2 is 2.50 bits per heavy atom. The summed E-state index contributed by atoms with van der Waals surface area (Å²) < 4.78 is 0. The van der Waals surface area contributed by atoms with Gasteiger partial charge in [-0.1, -0.05) is 6.92 Å². The average molecular weight is 212 g/mol. The van der Waals surface area contributed by atoms with Crippen LogP contribution in [0.4, 0.5) is 0 Å². The fraction of sp³-hybridized carbons (Fsp3) is 0.778. The highest BCUT2D eigenvalue weighted by atomic mass is 32.2. The topological polar surface area (TPSA) is 53.6 Å². The van der Waals surface area contributed by atoms with Gasteiger partial charge in [0.1, 0.15) is 11.6 Å². The van der Waals surface area contributed by atoms with Crippen molar-refractivity contribution in [1.82, 2.24) is 20.5 Å². The van der Waals surface area contributed by atoms with E-state index in [1.807, 2.05) is 11.8 Å². The number of nitrogens with one attached hydrogen (secondary N) is 2. The van der Waals surface area contributed by atoms with Crippen LogP contribution < -0.4 is 5.32 Å². The maximum atomic E-state index is 4.41. The van der Waals surface area contributed by atoms with Crippen molar-refractivity contribution in [3.05, 3.63) is 11.6 Å². The highest BCUT2D eigenvalue weighted by Gasteiger charge is 2.15. The average Bonchev–Trinajstić information content (AvgIpc) is 2.67. The number of H-pyrrole nitrogens is 1. The lowest BCUT2D eigenvalue weighted by Crippen LogP contribution is -2.39. The zero-order valence-electron chi connectivity index (χ0n) is 8.42. The number of hydrogen-bond donors (Lipinski definition) is 2. The SMILES string of the molecule is CCc1n[nH]c(CC2CSCCN2)n1. The molecule has 1 aromatic heterocycles. The van der Waals surface area contributed by atoms with Gasteiger partial charge in [0, 0.05) is 36.9 Å². The molecule has 0 aromatic carbocycles. The molecule has 1 aromatic rings. The van der Waals surface area contributed by atoms with Crippen molar-refractivity contribution >= 4 is 11.8 Å². The normalized spacial score (nSPS) is 22.5. The Bertz CT molecular complexity index is 280. The molecule has 1 unspecified atom stereocenters. The van der Waals surface area contributed by atoms with Crippen LogP contribution in [-0.2, 0) is 12.8 Å². The third-order valence-corrected chi connectivity index (χ3v) is 3.46. The lowest BCUT2D eigenvalue weighted by molar-refractivity contribution is 0.551. The van der Waals surface area contributed by atoms with Gasteiger partial charge >= 0.3 is 0 Å². The van der Waals surface area contributed by atoms with E-state index in [0.717, 1.165) is 31.0 Å². The van der Waals surface area contributed by atoms with Crippen LogP contribution in [0.25, 0.3) is 0 Å². The summed E-state index contributed by atoms with van der Waals surface area (Å²) in [5.74, 6) is 4.35. The van der Waals surface area contributed by atoms with Gasteiger partial charge in [-0.3, -0.25) is 5.10 Å². The minimum Gasteiger partial charge on any atom is -0.312 e. The fourth-order valence-electron chi connectivity index (χ4n) is 1.57. The van der Waals surface area contributed by atoms with E-state index in [2.05, 4.69) is 27.4 Å². The highest BCUT2D eigenvalue weighted by Crippen LogP contribution is 2.10. The maximum absolute atomic E-state index is 4.41. The van der Waals surface area contributed by atoms with Gasteiger partial charge in [-0.2, -0.15) is 16.9 Å². The van der Waals surface area contributed by atoms with E-state index in [0.29, 0.717) is 6.04 Å². The summed E-state index contributed by atoms with van der Waals surface area (Å²) in [5.41, 5.74) is 0. The van der Waals surface area contributed by atoms with Crippen molar-refractivity contribution in [1.29, 1.82) is 0 Å². The second kappa shape index (κ2) is 4.79. The highest BCUT2D eigenvalue weighted by molar-refractivity contribution is 7.99. The number of aryl methyl sites for hydroxylation is 1. The van der Waals surface area contributed by atoms with Gasteiger partial charge in [-0.25, -0.2) is 4.98 Å². The van der Waals surface area contributed by atoms with Crippen LogP contribution in [0.5, 0.6) is 0 Å². The zero-order valence-corrected chi connectivity index (χ0v) is 9.23. The van der Waals surface area contributed by atoms with Crippen molar-refractivity contribution in [2.24, 2.45) is 0 Å². The molecule has 0 bridgehead atoms.